The van der Waals surface area contributed by atoms with Crippen LogP contribution in [0.2, 0.25) is 0 Å². The third-order valence-electron chi connectivity index (χ3n) is 1.04. The minimum Gasteiger partial charge on any atom is -0.460 e. The molecule has 0 radical (unpaired) electrons. The number of ether oxygens (including phenoxy) is 2. The van der Waals surface area contributed by atoms with E-state index >= 15 is 0 Å². The van der Waals surface area contributed by atoms with Gasteiger partial charge in [-0.3, -0.25) is 0 Å². The lowest BCUT2D eigenvalue weighted by molar-refractivity contribution is -0.140. The molecule has 0 spiro atoms. The Labute approximate surface area is 85.5 Å². The van der Waals surface area contributed by atoms with Crippen molar-refractivity contribution >= 4 is 5.97 Å². The van der Waals surface area contributed by atoms with Gasteiger partial charge in [0, 0.05) is 19.3 Å². The van der Waals surface area contributed by atoms with Crippen molar-refractivity contribution in [3.8, 4) is 0 Å². The lowest BCUT2D eigenvalue weighted by atomic mass is 10.4. The molecule has 0 saturated heterocycles. The summed E-state index contributed by atoms with van der Waals surface area (Å²) in [6, 6.07) is 0. The maximum absolute atomic E-state index is 10.3. The van der Waals surface area contributed by atoms with E-state index in [1.165, 1.54) is 6.92 Å². The molecule has 0 heterocycles. The van der Waals surface area contributed by atoms with Crippen molar-refractivity contribution in [2.24, 2.45) is 0 Å². The maximum atomic E-state index is 10.3. The number of esters is 1. The summed E-state index contributed by atoms with van der Waals surface area (Å²) in [5.74, 6) is -0.504. The first kappa shape index (κ1) is 15.6. The van der Waals surface area contributed by atoms with E-state index in [9.17, 15) is 4.79 Å². The fourth-order valence-corrected chi connectivity index (χ4v) is 0.466. The predicted molar refractivity (Wildman–Crippen MR) is 55.0 cm³/mol. The van der Waals surface area contributed by atoms with Crippen molar-refractivity contribution in [2.75, 3.05) is 19.8 Å². The molecule has 0 aromatic heterocycles. The molecule has 0 aliphatic carbocycles. The van der Waals surface area contributed by atoms with E-state index in [1.807, 2.05) is 13.8 Å². The summed E-state index contributed by atoms with van der Waals surface area (Å²) in [6.07, 6.45) is 0.455. The average Bonchev–Trinajstić information content (AvgIpc) is 2.16. The molecule has 0 aromatic rings. The molecule has 0 fully saturated rings. The van der Waals surface area contributed by atoms with Gasteiger partial charge in [0.05, 0.1) is 6.10 Å². The van der Waals surface area contributed by atoms with Crippen LogP contribution in [0.3, 0.4) is 0 Å². The zero-order valence-corrected chi connectivity index (χ0v) is 9.16. The van der Waals surface area contributed by atoms with Gasteiger partial charge in [-0.25, -0.2) is 4.79 Å². The van der Waals surface area contributed by atoms with Crippen molar-refractivity contribution in [2.45, 2.75) is 26.9 Å². The molecule has 0 bridgehead atoms. The number of hydrogen-bond acceptors (Lipinski definition) is 4. The van der Waals surface area contributed by atoms with Gasteiger partial charge >= 0.3 is 5.97 Å². The summed E-state index contributed by atoms with van der Waals surface area (Å²) < 4.78 is 9.28. The number of hydrogen-bond donors (Lipinski definition) is 1. The first-order valence-electron chi connectivity index (χ1n) is 4.63. The van der Waals surface area contributed by atoms with Crippen LogP contribution in [-0.4, -0.2) is 37.0 Å². The van der Waals surface area contributed by atoms with Gasteiger partial charge in [-0.2, -0.15) is 0 Å². The smallest absolute Gasteiger partial charge is 0.330 e. The number of aliphatic hydroxyl groups is 1. The Balaban J connectivity index is 0. The molecule has 0 aliphatic rings. The van der Waals surface area contributed by atoms with Gasteiger partial charge in [0.25, 0.3) is 0 Å². The summed E-state index contributed by atoms with van der Waals surface area (Å²) in [6.45, 7) is 10.4. The van der Waals surface area contributed by atoms with Gasteiger partial charge in [-0.15, -0.1) is 0 Å². The summed E-state index contributed by atoms with van der Waals surface area (Å²) in [7, 11) is 0. The molecule has 0 amide bonds. The summed E-state index contributed by atoms with van der Waals surface area (Å²) in [4.78, 5) is 10.3. The van der Waals surface area contributed by atoms with Crippen molar-refractivity contribution in [3.63, 3.8) is 0 Å². The van der Waals surface area contributed by atoms with E-state index < -0.39 is 12.1 Å². The molecular formula is C10H20O4. The predicted octanol–water partition coefficient (Wildman–Crippen LogP) is 1.14. The van der Waals surface area contributed by atoms with Crippen molar-refractivity contribution in [3.05, 3.63) is 12.7 Å². The second-order valence-electron chi connectivity index (χ2n) is 2.46. The van der Waals surface area contributed by atoms with Crippen LogP contribution in [-0.2, 0) is 14.3 Å². The first-order valence-corrected chi connectivity index (χ1v) is 4.63. The van der Waals surface area contributed by atoms with Gasteiger partial charge < -0.3 is 14.6 Å². The lowest BCUT2D eigenvalue weighted by Crippen LogP contribution is -2.13. The minimum absolute atomic E-state index is 0.0326. The van der Waals surface area contributed by atoms with Gasteiger partial charge in [0.15, 0.2) is 0 Å². The number of rotatable bonds is 5. The summed E-state index contributed by atoms with van der Waals surface area (Å²) in [5, 5.41) is 8.59. The maximum Gasteiger partial charge on any atom is 0.330 e. The molecule has 1 atom stereocenters. The van der Waals surface area contributed by atoms with Crippen LogP contribution in [0.5, 0.6) is 0 Å². The molecule has 4 nitrogen and oxygen atoms in total. The van der Waals surface area contributed by atoms with Crippen molar-refractivity contribution < 1.29 is 19.4 Å². The summed E-state index contributed by atoms with van der Waals surface area (Å²) in [5.41, 5.74) is 0. The molecule has 1 unspecified atom stereocenters. The fraction of sp³-hybridized carbons (Fsp3) is 0.700. The molecule has 0 saturated carbocycles. The zero-order chi connectivity index (χ0) is 11.4. The highest BCUT2D eigenvalue weighted by molar-refractivity contribution is 5.81. The van der Waals surface area contributed by atoms with Gasteiger partial charge in [-0.1, -0.05) is 6.58 Å². The molecule has 14 heavy (non-hydrogen) atoms. The number of carbonyl (C=O) groups excluding carboxylic acids is 1. The second-order valence-corrected chi connectivity index (χ2v) is 2.46. The monoisotopic (exact) mass is 204 g/mol. The van der Waals surface area contributed by atoms with E-state index in [4.69, 9.17) is 9.84 Å². The number of aliphatic hydroxyl groups excluding tert-OH is 1. The van der Waals surface area contributed by atoms with Crippen LogP contribution >= 0.6 is 0 Å². The number of carbonyl (C=O) groups is 1. The van der Waals surface area contributed by atoms with Crippen molar-refractivity contribution in [1.82, 2.24) is 0 Å². The van der Waals surface area contributed by atoms with Crippen LogP contribution in [0, 0.1) is 0 Å². The quantitative estimate of drug-likeness (QED) is 0.539. The van der Waals surface area contributed by atoms with Crippen LogP contribution in [0.4, 0.5) is 0 Å². The Kier molecular flexibility index (Phi) is 13.5. The highest BCUT2D eigenvalue weighted by Crippen LogP contribution is 1.83. The third kappa shape index (κ3) is 17.3. The first-order chi connectivity index (χ1) is 6.58. The van der Waals surface area contributed by atoms with Crippen LogP contribution in [0.15, 0.2) is 12.7 Å². The van der Waals surface area contributed by atoms with Crippen LogP contribution < -0.4 is 0 Å². The molecule has 84 valence electrons. The van der Waals surface area contributed by atoms with E-state index in [1.54, 1.807) is 0 Å². The lowest BCUT2D eigenvalue weighted by Gasteiger charge is -2.02. The van der Waals surface area contributed by atoms with Gasteiger partial charge in [-0.05, 0) is 20.8 Å². The Morgan fingerprint density at radius 2 is 2.00 bits per heavy atom. The Bertz CT molecular complexity index is 141. The normalized spacial score (nSPS) is 10.9. The van der Waals surface area contributed by atoms with Gasteiger partial charge in [0.1, 0.15) is 6.61 Å². The molecule has 0 aliphatic heterocycles. The topological polar surface area (TPSA) is 55.8 Å². The minimum atomic E-state index is -0.603. The van der Waals surface area contributed by atoms with Crippen molar-refractivity contribution in [1.29, 1.82) is 0 Å². The molecular weight excluding hydrogens is 184 g/mol. The SMILES string of the molecule is C=CC(=O)OCC(C)O.CCOCC. The molecule has 0 aromatic carbocycles. The Morgan fingerprint density at radius 3 is 2.21 bits per heavy atom. The largest absolute Gasteiger partial charge is 0.460 e. The third-order valence-corrected chi connectivity index (χ3v) is 1.04. The Morgan fingerprint density at radius 1 is 1.50 bits per heavy atom. The molecule has 0 rings (SSSR count). The van der Waals surface area contributed by atoms with E-state index in [0.29, 0.717) is 0 Å². The van der Waals surface area contributed by atoms with E-state index in [2.05, 4.69) is 11.3 Å². The Hall–Kier alpha value is -0.870. The zero-order valence-electron chi connectivity index (χ0n) is 9.16. The van der Waals surface area contributed by atoms with Crippen LogP contribution in [0.25, 0.3) is 0 Å². The van der Waals surface area contributed by atoms with E-state index in [0.717, 1.165) is 19.3 Å². The van der Waals surface area contributed by atoms with E-state index in [-0.39, 0.29) is 6.61 Å². The highest BCUT2D eigenvalue weighted by atomic mass is 16.5. The standard InChI is InChI=1S/C6H10O3.C4H10O/c1-3-6(8)9-4-5(2)7;1-3-5-4-2/h3,5,7H,1,4H2,2H3;3-4H2,1-2H3. The molecule has 1 N–H and O–H groups in total. The van der Waals surface area contributed by atoms with Crippen LogP contribution in [0.1, 0.15) is 20.8 Å². The second kappa shape index (κ2) is 12.1. The highest BCUT2D eigenvalue weighted by Gasteiger charge is 1.98. The molecule has 4 heteroatoms. The average molecular weight is 204 g/mol. The fourth-order valence-electron chi connectivity index (χ4n) is 0.466. The summed E-state index contributed by atoms with van der Waals surface area (Å²) >= 11 is 0. The van der Waals surface area contributed by atoms with Gasteiger partial charge in [0.2, 0.25) is 0 Å².